The molecule has 0 aliphatic rings. The Morgan fingerprint density at radius 1 is 0.600 bits per heavy atom. The molecule has 4 heteroatoms. The summed E-state index contributed by atoms with van der Waals surface area (Å²) in [7, 11) is -0.230. The van der Waals surface area contributed by atoms with Gasteiger partial charge in [-0.3, -0.25) is 4.98 Å². The molecule has 0 fully saturated rings. The second-order valence-corrected chi connectivity index (χ2v) is 15.9. The van der Waals surface area contributed by atoms with Gasteiger partial charge in [0, 0.05) is 18.6 Å². The Balaban J connectivity index is 1.52. The second-order valence-electron chi connectivity index (χ2n) is 12.1. The van der Waals surface area contributed by atoms with Crippen molar-refractivity contribution >= 4 is 36.6 Å². The summed E-state index contributed by atoms with van der Waals surface area (Å²) in [5.41, 5.74) is 6.37. The molecule has 0 unspecified atom stereocenters. The van der Waals surface area contributed by atoms with E-state index in [0.717, 1.165) is 37.6 Å². The van der Waals surface area contributed by atoms with Crippen LogP contribution in [-0.2, 0) is 19.0 Å². The van der Waals surface area contributed by atoms with Crippen LogP contribution in [0.15, 0.2) is 152 Å². The van der Waals surface area contributed by atoms with Crippen LogP contribution in [-0.4, -0.2) is 24.9 Å². The molecule has 0 N–H and O–H groups in total. The van der Waals surface area contributed by atoms with Gasteiger partial charge in [0.1, 0.15) is 0 Å². The monoisotopic (exact) mass is 601 g/mol. The first-order valence-corrected chi connectivity index (χ1v) is 18.6. The number of aryl methyl sites for hydroxylation is 2. The van der Waals surface area contributed by atoms with Crippen molar-refractivity contribution in [2.45, 2.75) is 51.5 Å². The van der Waals surface area contributed by atoms with E-state index in [1.54, 1.807) is 0 Å². The summed E-state index contributed by atoms with van der Waals surface area (Å²) in [4.78, 5) is 5.00. The topological polar surface area (TPSA) is 17.8 Å². The van der Waals surface area contributed by atoms with Crippen LogP contribution in [0.4, 0.5) is 0 Å². The first kappa shape index (κ1) is 30.6. The average Bonchev–Trinajstić information content (AvgIpc) is 3.54. The van der Waals surface area contributed by atoms with Gasteiger partial charge in [-0.05, 0) is 56.5 Å². The van der Waals surface area contributed by atoms with Crippen molar-refractivity contribution in [1.29, 1.82) is 0 Å². The smallest absolute Gasteiger partial charge is 0.215 e. The molecular formula is C41H42BN2Si. The van der Waals surface area contributed by atoms with Crippen molar-refractivity contribution in [3.05, 3.63) is 174 Å². The Labute approximate surface area is 271 Å². The van der Waals surface area contributed by atoms with Crippen LogP contribution in [0.3, 0.4) is 0 Å². The van der Waals surface area contributed by atoms with Crippen molar-refractivity contribution in [3.63, 3.8) is 0 Å². The number of nitrogens with zero attached hydrogens (tertiary/aromatic N) is 2. The lowest BCUT2D eigenvalue weighted by atomic mass is 9.58. The Bertz CT molecular complexity index is 1690. The van der Waals surface area contributed by atoms with Gasteiger partial charge >= 0.3 is 0 Å². The van der Waals surface area contributed by atoms with Crippen LogP contribution in [0.2, 0.25) is 0 Å². The lowest BCUT2D eigenvalue weighted by Crippen LogP contribution is -2.70. The van der Waals surface area contributed by atoms with E-state index in [4.69, 9.17) is 4.98 Å². The highest BCUT2D eigenvalue weighted by atomic mass is 28.3. The van der Waals surface area contributed by atoms with E-state index in [1.807, 2.05) is 6.20 Å². The van der Waals surface area contributed by atoms with Gasteiger partial charge in [-0.2, -0.15) is 0 Å². The number of rotatable bonds is 13. The fourth-order valence-electron chi connectivity index (χ4n) is 6.78. The van der Waals surface area contributed by atoms with Gasteiger partial charge in [0.05, 0.1) is 5.72 Å². The molecule has 0 atom stereocenters. The summed E-state index contributed by atoms with van der Waals surface area (Å²) >= 11 is 0. The molecule has 45 heavy (non-hydrogen) atoms. The predicted molar refractivity (Wildman–Crippen MR) is 194 cm³/mol. The summed E-state index contributed by atoms with van der Waals surface area (Å²) in [6.45, 7) is 4.54. The Kier molecular flexibility index (Phi) is 9.92. The predicted octanol–water partition coefficient (Wildman–Crippen LogP) is 6.62. The SMILES string of the molecule is CCCc1cccc([Si](Cn2ccnc2[B]C(c2ccccc2)c2ccccc2)(c2ccccc2)c2cccc(CCC)c2)c1. The maximum Gasteiger partial charge on any atom is 0.215 e. The standard InChI is InChI=1S/C41H42BN2Si/c1-3-16-33-18-14-26-38(30-33)45(37-24-12-7-13-25-37,39-27-15-19-34(31-39)17-4-2)32-44-29-28-43-41(44)42-40(35-20-8-5-9-21-35)36-22-10-6-11-23-36/h5-15,18-31,40H,3-4,16-17,32H2,1-2H3. The van der Waals surface area contributed by atoms with Crippen molar-refractivity contribution < 1.29 is 0 Å². The van der Waals surface area contributed by atoms with Crippen LogP contribution in [0.25, 0.3) is 0 Å². The van der Waals surface area contributed by atoms with E-state index in [2.05, 4.69) is 171 Å². The van der Waals surface area contributed by atoms with Gasteiger partial charge in [0.15, 0.2) is 8.07 Å². The number of imidazole rings is 1. The van der Waals surface area contributed by atoms with E-state index in [-0.39, 0.29) is 5.82 Å². The van der Waals surface area contributed by atoms with Crippen molar-refractivity contribution in [3.8, 4) is 0 Å². The minimum absolute atomic E-state index is 0.0992. The van der Waals surface area contributed by atoms with Crippen LogP contribution in [0.5, 0.6) is 0 Å². The minimum atomic E-state index is -2.59. The van der Waals surface area contributed by atoms with Gasteiger partial charge in [-0.15, -0.1) is 0 Å². The molecule has 6 aromatic rings. The molecule has 0 aliphatic carbocycles. The van der Waals surface area contributed by atoms with Gasteiger partial charge in [-0.1, -0.05) is 166 Å². The molecule has 0 spiro atoms. The summed E-state index contributed by atoms with van der Waals surface area (Å²) in [5, 5.41) is 4.33. The molecule has 1 aromatic heterocycles. The average molecular weight is 602 g/mol. The normalized spacial score (nSPS) is 11.5. The third-order valence-electron chi connectivity index (χ3n) is 8.97. The molecule has 5 aromatic carbocycles. The van der Waals surface area contributed by atoms with Crippen molar-refractivity contribution in [2.24, 2.45) is 0 Å². The van der Waals surface area contributed by atoms with Gasteiger partial charge < -0.3 is 4.57 Å². The van der Waals surface area contributed by atoms with E-state index in [9.17, 15) is 0 Å². The Hall–Kier alpha value is -4.41. The maximum absolute atomic E-state index is 5.00. The lowest BCUT2D eigenvalue weighted by molar-refractivity contribution is 0.888. The van der Waals surface area contributed by atoms with Crippen LogP contribution >= 0.6 is 0 Å². The third-order valence-corrected chi connectivity index (χ3v) is 13.7. The summed E-state index contributed by atoms with van der Waals surface area (Å²) in [6, 6.07) is 51.8. The van der Waals surface area contributed by atoms with Crippen LogP contribution in [0, 0.1) is 0 Å². The summed E-state index contributed by atoms with van der Waals surface area (Å²) in [6.07, 6.45) is 9.47. The summed E-state index contributed by atoms with van der Waals surface area (Å²) < 4.78 is 2.43. The Morgan fingerprint density at radius 2 is 1.09 bits per heavy atom. The zero-order valence-electron chi connectivity index (χ0n) is 26.5. The fourth-order valence-corrected chi connectivity index (χ4v) is 11.5. The highest BCUT2D eigenvalue weighted by Gasteiger charge is 2.41. The number of benzene rings is 5. The van der Waals surface area contributed by atoms with Crippen molar-refractivity contribution in [1.82, 2.24) is 9.55 Å². The molecule has 0 saturated heterocycles. The minimum Gasteiger partial charge on any atom is -0.345 e. The molecule has 0 amide bonds. The summed E-state index contributed by atoms with van der Waals surface area (Å²) in [5.74, 6) is 0.0992. The molecule has 223 valence electrons. The number of hydrogen-bond acceptors (Lipinski definition) is 1. The lowest BCUT2D eigenvalue weighted by Gasteiger charge is -2.35. The van der Waals surface area contributed by atoms with E-state index in [0.29, 0.717) is 0 Å². The molecule has 0 aliphatic heterocycles. The Morgan fingerprint density at radius 3 is 1.60 bits per heavy atom. The first-order chi connectivity index (χ1) is 22.2. The maximum atomic E-state index is 5.00. The molecular weight excluding hydrogens is 559 g/mol. The zero-order valence-corrected chi connectivity index (χ0v) is 27.5. The van der Waals surface area contributed by atoms with Crippen LogP contribution in [0.1, 0.15) is 54.8 Å². The van der Waals surface area contributed by atoms with E-state index >= 15 is 0 Å². The zero-order chi connectivity index (χ0) is 30.9. The first-order valence-electron chi connectivity index (χ1n) is 16.4. The van der Waals surface area contributed by atoms with Gasteiger partial charge in [0.25, 0.3) is 0 Å². The highest BCUT2D eigenvalue weighted by Crippen LogP contribution is 2.23. The number of hydrogen-bond donors (Lipinski definition) is 0. The molecule has 2 nitrogen and oxygen atoms in total. The van der Waals surface area contributed by atoms with Crippen molar-refractivity contribution in [2.75, 3.05) is 0 Å². The molecule has 0 bridgehead atoms. The quantitative estimate of drug-likeness (QED) is 0.108. The third kappa shape index (κ3) is 6.82. The largest absolute Gasteiger partial charge is 0.345 e. The van der Waals surface area contributed by atoms with Gasteiger partial charge in [0.2, 0.25) is 7.28 Å². The second kappa shape index (κ2) is 14.6. The number of aromatic nitrogens is 2. The van der Waals surface area contributed by atoms with Gasteiger partial charge in [-0.25, -0.2) is 0 Å². The molecule has 1 heterocycles. The molecule has 6 rings (SSSR count). The molecule has 1 radical (unpaired) electrons. The highest BCUT2D eigenvalue weighted by molar-refractivity contribution is 7.10. The van der Waals surface area contributed by atoms with Crippen LogP contribution < -0.4 is 21.3 Å². The van der Waals surface area contributed by atoms with E-state index in [1.165, 1.54) is 37.8 Å². The molecule has 0 saturated carbocycles. The fraction of sp³-hybridized carbons (Fsp3) is 0.195. The van der Waals surface area contributed by atoms with E-state index < -0.39 is 8.07 Å².